The molecule has 0 saturated heterocycles. The fraction of sp³-hybridized carbons (Fsp3) is 0.312. The second-order valence-electron chi connectivity index (χ2n) is 5.12. The maximum absolute atomic E-state index is 12.4. The van der Waals surface area contributed by atoms with Crippen molar-refractivity contribution in [3.05, 3.63) is 46.2 Å². The summed E-state index contributed by atoms with van der Waals surface area (Å²) in [5, 5.41) is 12.2. The smallest absolute Gasteiger partial charge is 0.326 e. The lowest BCUT2D eigenvalue weighted by molar-refractivity contribution is -0.139. The third-order valence-electron chi connectivity index (χ3n) is 3.61. The van der Waals surface area contributed by atoms with E-state index in [1.165, 1.54) is 17.7 Å². The van der Waals surface area contributed by atoms with Crippen LogP contribution in [0.3, 0.4) is 0 Å². The maximum Gasteiger partial charge on any atom is 0.326 e. The van der Waals surface area contributed by atoms with Gasteiger partial charge in [-0.25, -0.2) is 4.79 Å². The van der Waals surface area contributed by atoms with Crippen LogP contribution in [-0.4, -0.2) is 41.3 Å². The summed E-state index contributed by atoms with van der Waals surface area (Å²) in [4.78, 5) is 35.7. The van der Waals surface area contributed by atoms with Gasteiger partial charge in [0.2, 0.25) is 0 Å². The normalized spacial score (nSPS) is 12.1. The Balaban J connectivity index is 2.39. The predicted octanol–water partition coefficient (Wildman–Crippen LogP) is 0.758. The molecule has 0 saturated carbocycles. The fourth-order valence-corrected chi connectivity index (χ4v) is 2.33. The number of carbonyl (C=O) groups is 2. The Kier molecular flexibility index (Phi) is 5.13. The summed E-state index contributed by atoms with van der Waals surface area (Å²) in [7, 11) is 3.07. The molecule has 7 nitrogen and oxygen atoms in total. The van der Waals surface area contributed by atoms with Gasteiger partial charge < -0.3 is 19.7 Å². The molecule has 2 aromatic rings. The van der Waals surface area contributed by atoms with Crippen LogP contribution in [0.4, 0.5) is 0 Å². The number of nitrogens with one attached hydrogen (secondary N) is 1. The van der Waals surface area contributed by atoms with Gasteiger partial charge in [-0.1, -0.05) is 18.2 Å². The number of benzene rings is 1. The summed E-state index contributed by atoms with van der Waals surface area (Å²) in [5.41, 5.74) is 0.430. The Labute approximate surface area is 132 Å². The van der Waals surface area contributed by atoms with Gasteiger partial charge in [0, 0.05) is 38.6 Å². The Morgan fingerprint density at radius 2 is 2.04 bits per heavy atom. The average molecular weight is 318 g/mol. The van der Waals surface area contributed by atoms with Gasteiger partial charge in [-0.2, -0.15) is 0 Å². The zero-order chi connectivity index (χ0) is 17.0. The molecule has 1 unspecified atom stereocenters. The van der Waals surface area contributed by atoms with E-state index >= 15 is 0 Å². The summed E-state index contributed by atoms with van der Waals surface area (Å²) in [5.74, 6) is -1.74. The molecule has 23 heavy (non-hydrogen) atoms. The van der Waals surface area contributed by atoms with Gasteiger partial charge in [-0.3, -0.25) is 9.59 Å². The van der Waals surface area contributed by atoms with Gasteiger partial charge in [-0.05, 0) is 6.07 Å². The van der Waals surface area contributed by atoms with Crippen molar-refractivity contribution in [3.8, 4) is 0 Å². The Hall–Kier alpha value is -2.67. The van der Waals surface area contributed by atoms with Crippen LogP contribution in [0.1, 0.15) is 16.8 Å². The first-order chi connectivity index (χ1) is 11.0. The second kappa shape index (κ2) is 7.06. The molecule has 0 aliphatic carbocycles. The SMILES string of the molecule is COCCC(NC(=O)c1cc(=O)n(C)c2ccccc12)C(=O)O. The number of pyridine rings is 1. The lowest BCUT2D eigenvalue weighted by atomic mass is 10.1. The van der Waals surface area contributed by atoms with Crippen LogP contribution in [-0.2, 0) is 16.6 Å². The van der Waals surface area contributed by atoms with Crippen LogP contribution in [0.2, 0.25) is 0 Å². The quantitative estimate of drug-likeness (QED) is 0.819. The van der Waals surface area contributed by atoms with Crippen LogP contribution < -0.4 is 10.9 Å². The molecule has 0 aliphatic heterocycles. The minimum atomic E-state index is -1.15. The van der Waals surface area contributed by atoms with E-state index in [1.54, 1.807) is 31.3 Å². The molecule has 0 aliphatic rings. The standard InChI is InChI=1S/C16H18N2O5/c1-18-13-6-4-3-5-10(13)11(9-14(18)19)15(20)17-12(16(21)22)7-8-23-2/h3-6,9,12H,7-8H2,1-2H3,(H,17,20)(H,21,22). The highest BCUT2D eigenvalue weighted by molar-refractivity contribution is 6.07. The van der Waals surface area contributed by atoms with Crippen LogP contribution >= 0.6 is 0 Å². The van der Waals surface area contributed by atoms with Crippen molar-refractivity contribution < 1.29 is 19.4 Å². The zero-order valence-corrected chi connectivity index (χ0v) is 12.9. The molecule has 7 heteroatoms. The number of aryl methyl sites for hydroxylation is 1. The minimum Gasteiger partial charge on any atom is -0.480 e. The van der Waals surface area contributed by atoms with Crippen molar-refractivity contribution in [2.75, 3.05) is 13.7 Å². The number of methoxy groups -OCH3 is 1. The first-order valence-electron chi connectivity index (χ1n) is 7.07. The van der Waals surface area contributed by atoms with Crippen molar-refractivity contribution in [2.24, 2.45) is 7.05 Å². The molecule has 0 fully saturated rings. The molecule has 1 atom stereocenters. The summed E-state index contributed by atoms with van der Waals surface area (Å²) in [6.45, 7) is 0.203. The Morgan fingerprint density at radius 3 is 2.70 bits per heavy atom. The zero-order valence-electron chi connectivity index (χ0n) is 12.9. The van der Waals surface area contributed by atoms with E-state index in [0.717, 1.165) is 0 Å². The van der Waals surface area contributed by atoms with Crippen LogP contribution in [0.5, 0.6) is 0 Å². The molecule has 2 N–H and O–H groups in total. The van der Waals surface area contributed by atoms with Gasteiger partial charge in [-0.15, -0.1) is 0 Å². The second-order valence-corrected chi connectivity index (χ2v) is 5.12. The lowest BCUT2D eigenvalue weighted by Gasteiger charge is -2.15. The number of aromatic nitrogens is 1. The molecule has 1 aromatic heterocycles. The Bertz CT molecular complexity index is 797. The minimum absolute atomic E-state index is 0.139. The van der Waals surface area contributed by atoms with E-state index in [0.29, 0.717) is 10.9 Å². The highest BCUT2D eigenvalue weighted by Crippen LogP contribution is 2.16. The summed E-state index contributed by atoms with van der Waals surface area (Å²) < 4.78 is 6.28. The molecule has 0 radical (unpaired) electrons. The van der Waals surface area contributed by atoms with E-state index < -0.39 is 17.9 Å². The van der Waals surface area contributed by atoms with Crippen LogP contribution in [0, 0.1) is 0 Å². The van der Waals surface area contributed by atoms with Gasteiger partial charge >= 0.3 is 5.97 Å². The first-order valence-corrected chi connectivity index (χ1v) is 7.07. The van der Waals surface area contributed by atoms with Gasteiger partial charge in [0.1, 0.15) is 6.04 Å². The van der Waals surface area contributed by atoms with Crippen molar-refractivity contribution in [2.45, 2.75) is 12.5 Å². The van der Waals surface area contributed by atoms with E-state index in [1.807, 2.05) is 0 Å². The topological polar surface area (TPSA) is 97.6 Å². The Morgan fingerprint density at radius 1 is 1.35 bits per heavy atom. The maximum atomic E-state index is 12.4. The number of nitrogens with zero attached hydrogens (tertiary/aromatic N) is 1. The molecule has 1 heterocycles. The monoisotopic (exact) mass is 318 g/mol. The highest BCUT2D eigenvalue weighted by Gasteiger charge is 2.22. The van der Waals surface area contributed by atoms with Crippen molar-refractivity contribution in [1.82, 2.24) is 9.88 Å². The molecular formula is C16H18N2O5. The van der Waals surface area contributed by atoms with Gasteiger partial charge in [0.25, 0.3) is 11.5 Å². The fourth-order valence-electron chi connectivity index (χ4n) is 2.33. The molecular weight excluding hydrogens is 300 g/mol. The highest BCUT2D eigenvalue weighted by atomic mass is 16.5. The van der Waals surface area contributed by atoms with Crippen molar-refractivity contribution in [1.29, 1.82) is 0 Å². The molecule has 122 valence electrons. The summed E-state index contributed by atoms with van der Waals surface area (Å²) in [6, 6.07) is 7.10. The van der Waals surface area contributed by atoms with Crippen LogP contribution in [0.25, 0.3) is 10.9 Å². The average Bonchev–Trinajstić information content (AvgIpc) is 2.54. The number of hydrogen-bond acceptors (Lipinski definition) is 4. The molecule has 0 bridgehead atoms. The number of amides is 1. The summed E-state index contributed by atoms with van der Waals surface area (Å²) in [6.07, 6.45) is 0.139. The number of carbonyl (C=O) groups excluding carboxylic acids is 1. The third-order valence-corrected chi connectivity index (χ3v) is 3.61. The number of carboxylic acid groups (broad SMARTS) is 1. The van der Waals surface area contributed by atoms with E-state index in [9.17, 15) is 19.5 Å². The number of carboxylic acids is 1. The third kappa shape index (κ3) is 3.57. The number of fused-ring (bicyclic) bond motifs is 1. The summed E-state index contributed by atoms with van der Waals surface area (Å²) >= 11 is 0. The number of hydrogen-bond donors (Lipinski definition) is 2. The van der Waals surface area contributed by atoms with Crippen molar-refractivity contribution in [3.63, 3.8) is 0 Å². The van der Waals surface area contributed by atoms with E-state index in [4.69, 9.17) is 4.74 Å². The number of para-hydroxylation sites is 1. The largest absolute Gasteiger partial charge is 0.480 e. The molecule has 0 spiro atoms. The number of aliphatic carboxylic acids is 1. The lowest BCUT2D eigenvalue weighted by Crippen LogP contribution is -2.42. The first kappa shape index (κ1) is 16.7. The molecule has 1 amide bonds. The van der Waals surface area contributed by atoms with Crippen LogP contribution in [0.15, 0.2) is 35.1 Å². The van der Waals surface area contributed by atoms with Gasteiger partial charge in [0.15, 0.2) is 0 Å². The van der Waals surface area contributed by atoms with E-state index in [2.05, 4.69) is 5.32 Å². The number of rotatable bonds is 6. The number of ether oxygens (including phenoxy) is 1. The predicted molar refractivity (Wildman–Crippen MR) is 84.6 cm³/mol. The van der Waals surface area contributed by atoms with Gasteiger partial charge in [0.05, 0.1) is 11.1 Å². The molecule has 1 aromatic carbocycles. The van der Waals surface area contributed by atoms with E-state index in [-0.39, 0.29) is 24.2 Å². The molecule has 2 rings (SSSR count). The van der Waals surface area contributed by atoms with Crippen molar-refractivity contribution >= 4 is 22.8 Å².